The predicted molar refractivity (Wildman–Crippen MR) is 92.1 cm³/mol. The van der Waals surface area contributed by atoms with Crippen LogP contribution in [0, 0.1) is 11.3 Å². The molecule has 1 aromatic carbocycles. The summed E-state index contributed by atoms with van der Waals surface area (Å²) in [7, 11) is 0. The van der Waals surface area contributed by atoms with E-state index in [-0.39, 0.29) is 0 Å². The van der Waals surface area contributed by atoms with E-state index in [4.69, 9.17) is 5.26 Å². The third-order valence-corrected chi connectivity index (χ3v) is 3.64. The van der Waals surface area contributed by atoms with Crippen LogP contribution >= 0.6 is 11.8 Å². The molecule has 0 aliphatic heterocycles. The SMILES string of the molecule is CSC=NC1=C(C(/C=C/c2ccccc2)=C/C#N)CCC1. The Morgan fingerprint density at radius 3 is 2.81 bits per heavy atom. The highest BCUT2D eigenvalue weighted by molar-refractivity contribution is 8.11. The van der Waals surface area contributed by atoms with Gasteiger partial charge in [0.1, 0.15) is 0 Å². The van der Waals surface area contributed by atoms with Gasteiger partial charge in [0.25, 0.3) is 0 Å². The summed E-state index contributed by atoms with van der Waals surface area (Å²) in [4.78, 5) is 4.51. The molecule has 0 N–H and O–H groups in total. The van der Waals surface area contributed by atoms with Crippen LogP contribution in [0.15, 0.2) is 64.3 Å². The van der Waals surface area contributed by atoms with Crippen molar-refractivity contribution in [2.75, 3.05) is 6.26 Å². The van der Waals surface area contributed by atoms with Crippen LogP contribution in [0.5, 0.6) is 0 Å². The first kappa shape index (κ1) is 15.3. The van der Waals surface area contributed by atoms with Crippen LogP contribution in [-0.4, -0.2) is 11.8 Å². The van der Waals surface area contributed by atoms with Gasteiger partial charge in [-0.1, -0.05) is 42.5 Å². The first-order valence-electron chi connectivity index (χ1n) is 6.96. The zero-order valence-electron chi connectivity index (χ0n) is 12.1. The van der Waals surface area contributed by atoms with Crippen molar-refractivity contribution in [2.45, 2.75) is 19.3 Å². The number of hydrogen-bond acceptors (Lipinski definition) is 3. The molecule has 2 nitrogen and oxygen atoms in total. The van der Waals surface area contributed by atoms with E-state index in [2.05, 4.69) is 23.2 Å². The number of allylic oxidation sites excluding steroid dienone is 5. The molecule has 21 heavy (non-hydrogen) atoms. The molecule has 0 heterocycles. The topological polar surface area (TPSA) is 36.1 Å². The molecule has 0 amide bonds. The second-order valence-electron chi connectivity index (χ2n) is 4.72. The fourth-order valence-corrected chi connectivity index (χ4v) is 2.59. The zero-order chi connectivity index (χ0) is 14.9. The summed E-state index contributed by atoms with van der Waals surface area (Å²) in [5.41, 5.74) is 6.30. The lowest BCUT2D eigenvalue weighted by Crippen LogP contribution is -1.86. The lowest BCUT2D eigenvalue weighted by molar-refractivity contribution is 0.893. The summed E-state index contributed by atoms with van der Waals surface area (Å²) in [5.74, 6) is 0. The number of rotatable bonds is 5. The van der Waals surface area contributed by atoms with Crippen molar-refractivity contribution < 1.29 is 0 Å². The molecule has 0 fully saturated rings. The summed E-state index contributed by atoms with van der Waals surface area (Å²) >= 11 is 1.60. The van der Waals surface area contributed by atoms with Crippen LogP contribution in [0.25, 0.3) is 6.08 Å². The first-order chi connectivity index (χ1) is 10.3. The Morgan fingerprint density at radius 1 is 1.29 bits per heavy atom. The lowest BCUT2D eigenvalue weighted by Gasteiger charge is -2.04. The molecule has 2 rings (SSSR count). The van der Waals surface area contributed by atoms with Gasteiger partial charge in [-0.2, -0.15) is 5.26 Å². The minimum Gasteiger partial charge on any atom is -0.254 e. The van der Waals surface area contributed by atoms with Gasteiger partial charge in [0.15, 0.2) is 0 Å². The zero-order valence-corrected chi connectivity index (χ0v) is 12.9. The Morgan fingerprint density at radius 2 is 2.10 bits per heavy atom. The Kier molecular flexibility index (Phi) is 6.05. The average molecular weight is 294 g/mol. The molecule has 0 atom stereocenters. The molecule has 0 radical (unpaired) electrons. The summed E-state index contributed by atoms with van der Waals surface area (Å²) in [6, 6.07) is 12.3. The van der Waals surface area contributed by atoms with E-state index >= 15 is 0 Å². The fraction of sp³-hybridized carbons (Fsp3) is 0.222. The van der Waals surface area contributed by atoms with Gasteiger partial charge in [-0.05, 0) is 42.2 Å². The molecule has 0 unspecified atom stereocenters. The van der Waals surface area contributed by atoms with Gasteiger partial charge in [0.2, 0.25) is 0 Å². The molecule has 0 aromatic heterocycles. The third kappa shape index (κ3) is 4.47. The van der Waals surface area contributed by atoms with Gasteiger partial charge in [-0.25, -0.2) is 0 Å². The van der Waals surface area contributed by atoms with Crippen LogP contribution in [-0.2, 0) is 0 Å². The maximum absolute atomic E-state index is 9.03. The van der Waals surface area contributed by atoms with Crippen LogP contribution in [0.2, 0.25) is 0 Å². The van der Waals surface area contributed by atoms with Crippen molar-refractivity contribution in [3.63, 3.8) is 0 Å². The largest absolute Gasteiger partial charge is 0.254 e. The van der Waals surface area contributed by atoms with Crippen LogP contribution in [0.1, 0.15) is 24.8 Å². The summed E-state index contributed by atoms with van der Waals surface area (Å²) in [6.45, 7) is 0. The molecule has 0 saturated carbocycles. The van der Waals surface area contributed by atoms with Crippen LogP contribution in [0.3, 0.4) is 0 Å². The Bertz CT molecular complexity index is 631. The molecule has 3 heteroatoms. The molecule has 1 aliphatic carbocycles. The normalized spacial score (nSPS) is 16.1. The molecule has 106 valence electrons. The minimum atomic E-state index is 0.979. The standard InChI is InChI=1S/C18H18N2S/c1-21-14-20-18-9-5-8-17(18)16(12-13-19)11-10-15-6-3-2-4-7-15/h2-4,6-7,10-12,14H,5,8-9H2,1H3/b11-10+,16-12+,20-14?. The number of benzene rings is 1. The first-order valence-corrected chi connectivity index (χ1v) is 8.24. The molecule has 0 bridgehead atoms. The number of nitrogens with zero attached hydrogens (tertiary/aromatic N) is 2. The van der Waals surface area contributed by atoms with E-state index in [1.807, 2.05) is 42.2 Å². The summed E-state index contributed by atoms with van der Waals surface area (Å²) < 4.78 is 0. The van der Waals surface area contributed by atoms with Crippen LogP contribution in [0.4, 0.5) is 0 Å². The van der Waals surface area contributed by atoms with Crippen molar-refractivity contribution in [3.8, 4) is 6.07 Å². The van der Waals surface area contributed by atoms with E-state index in [0.717, 1.165) is 36.1 Å². The number of thioether (sulfide) groups is 1. The minimum absolute atomic E-state index is 0.979. The van der Waals surface area contributed by atoms with Crippen LogP contribution < -0.4 is 0 Å². The van der Waals surface area contributed by atoms with E-state index in [0.29, 0.717) is 0 Å². The van der Waals surface area contributed by atoms with E-state index in [9.17, 15) is 0 Å². The molecule has 0 saturated heterocycles. The average Bonchev–Trinajstić information content (AvgIpc) is 2.98. The number of nitriles is 1. The highest BCUT2D eigenvalue weighted by atomic mass is 32.2. The number of hydrogen-bond donors (Lipinski definition) is 0. The third-order valence-electron chi connectivity index (χ3n) is 3.33. The van der Waals surface area contributed by atoms with Gasteiger partial charge in [-0.15, -0.1) is 11.8 Å². The van der Waals surface area contributed by atoms with Gasteiger partial charge < -0.3 is 0 Å². The second-order valence-corrected chi connectivity index (χ2v) is 5.40. The Labute approximate surface area is 130 Å². The fourth-order valence-electron chi connectivity index (χ4n) is 2.35. The van der Waals surface area contributed by atoms with Gasteiger partial charge in [0.05, 0.1) is 11.6 Å². The molecular weight excluding hydrogens is 276 g/mol. The monoisotopic (exact) mass is 294 g/mol. The maximum Gasteiger partial charge on any atom is 0.0918 e. The van der Waals surface area contributed by atoms with Crippen molar-refractivity contribution in [3.05, 3.63) is 64.9 Å². The predicted octanol–water partition coefficient (Wildman–Crippen LogP) is 4.98. The smallest absolute Gasteiger partial charge is 0.0918 e. The molecule has 1 aromatic rings. The van der Waals surface area contributed by atoms with Crippen molar-refractivity contribution in [2.24, 2.45) is 4.99 Å². The quantitative estimate of drug-likeness (QED) is 0.332. The van der Waals surface area contributed by atoms with Gasteiger partial charge in [0, 0.05) is 11.8 Å². The highest BCUT2D eigenvalue weighted by Gasteiger charge is 2.16. The lowest BCUT2D eigenvalue weighted by atomic mass is 10.0. The van der Waals surface area contributed by atoms with Crippen molar-refractivity contribution in [1.82, 2.24) is 0 Å². The van der Waals surface area contributed by atoms with Gasteiger partial charge >= 0.3 is 0 Å². The highest BCUT2D eigenvalue weighted by Crippen LogP contribution is 2.33. The maximum atomic E-state index is 9.03. The Hall–Kier alpha value is -2.05. The van der Waals surface area contributed by atoms with Gasteiger partial charge in [-0.3, -0.25) is 4.99 Å². The summed E-state index contributed by atoms with van der Waals surface area (Å²) in [5, 5.41) is 9.03. The Balaban J connectivity index is 2.28. The second kappa shape index (κ2) is 8.28. The van der Waals surface area contributed by atoms with Crippen molar-refractivity contribution >= 4 is 23.4 Å². The molecular formula is C18H18N2S. The molecule has 0 spiro atoms. The number of aliphatic imine (C=N–C) groups is 1. The molecule has 1 aliphatic rings. The summed E-state index contributed by atoms with van der Waals surface area (Å²) in [6.07, 6.45) is 10.8. The van der Waals surface area contributed by atoms with Crippen molar-refractivity contribution in [1.29, 1.82) is 5.26 Å². The van der Waals surface area contributed by atoms with E-state index in [1.165, 1.54) is 5.57 Å². The van der Waals surface area contributed by atoms with E-state index < -0.39 is 0 Å². The van der Waals surface area contributed by atoms with E-state index in [1.54, 1.807) is 17.8 Å².